The predicted molar refractivity (Wildman–Crippen MR) is 113 cm³/mol. The summed E-state index contributed by atoms with van der Waals surface area (Å²) in [4.78, 5) is 12.7. The molecule has 0 spiro atoms. The van der Waals surface area contributed by atoms with Crippen molar-refractivity contribution in [3.63, 3.8) is 0 Å². The molecule has 27 heavy (non-hydrogen) atoms. The monoisotopic (exact) mass is 372 g/mol. The highest BCUT2D eigenvalue weighted by molar-refractivity contribution is 7.80. The standard InChI is InChI=1S/C22H16N2O2S/c25-20-13-5-9-16-17(20)10-4-12-19(16)23-22(27)24-21(26)18-11-3-7-14-6-1-2-8-15(14)18/h1-13,25H,(H2,23,24,26,27). The number of hydrogen-bond acceptors (Lipinski definition) is 3. The van der Waals surface area contributed by atoms with Crippen LogP contribution in [0.4, 0.5) is 5.69 Å². The van der Waals surface area contributed by atoms with Gasteiger partial charge in [0.15, 0.2) is 5.11 Å². The lowest BCUT2D eigenvalue weighted by Gasteiger charge is -2.13. The van der Waals surface area contributed by atoms with E-state index in [0.29, 0.717) is 16.6 Å². The van der Waals surface area contributed by atoms with Gasteiger partial charge in [0, 0.05) is 22.0 Å². The number of aromatic hydroxyl groups is 1. The summed E-state index contributed by atoms with van der Waals surface area (Å²) < 4.78 is 0. The zero-order chi connectivity index (χ0) is 18.8. The zero-order valence-corrected chi connectivity index (χ0v) is 15.1. The topological polar surface area (TPSA) is 61.4 Å². The lowest BCUT2D eigenvalue weighted by Crippen LogP contribution is -2.34. The van der Waals surface area contributed by atoms with Gasteiger partial charge < -0.3 is 10.4 Å². The highest BCUT2D eigenvalue weighted by Crippen LogP contribution is 2.29. The van der Waals surface area contributed by atoms with Crippen LogP contribution in [0, 0.1) is 0 Å². The lowest BCUT2D eigenvalue weighted by molar-refractivity contribution is 0.0979. The van der Waals surface area contributed by atoms with Gasteiger partial charge in [0.2, 0.25) is 0 Å². The number of benzene rings is 4. The third-order valence-corrected chi connectivity index (χ3v) is 4.61. The number of phenolic OH excluding ortho intramolecular Hbond substituents is 1. The molecule has 4 aromatic carbocycles. The minimum Gasteiger partial charge on any atom is -0.507 e. The molecule has 1 amide bonds. The van der Waals surface area contributed by atoms with Crippen molar-refractivity contribution in [2.75, 3.05) is 5.32 Å². The summed E-state index contributed by atoms with van der Waals surface area (Å²) in [5.74, 6) is -0.0748. The molecule has 0 aliphatic rings. The van der Waals surface area contributed by atoms with Gasteiger partial charge >= 0.3 is 0 Å². The Morgan fingerprint density at radius 1 is 0.778 bits per heavy atom. The minimum atomic E-state index is -0.271. The van der Waals surface area contributed by atoms with Crippen LogP contribution in [-0.4, -0.2) is 16.1 Å². The molecule has 3 N–H and O–H groups in total. The summed E-state index contributed by atoms with van der Waals surface area (Å²) in [6, 6.07) is 24.1. The minimum absolute atomic E-state index is 0.196. The van der Waals surface area contributed by atoms with Crippen molar-refractivity contribution in [3.8, 4) is 5.75 Å². The van der Waals surface area contributed by atoms with Gasteiger partial charge in [-0.2, -0.15) is 0 Å². The maximum Gasteiger partial charge on any atom is 0.258 e. The zero-order valence-electron chi connectivity index (χ0n) is 14.3. The fraction of sp³-hybridized carbons (Fsp3) is 0. The van der Waals surface area contributed by atoms with Crippen LogP contribution in [-0.2, 0) is 0 Å². The molecule has 0 atom stereocenters. The number of anilines is 1. The van der Waals surface area contributed by atoms with E-state index in [4.69, 9.17) is 12.2 Å². The normalized spacial score (nSPS) is 10.7. The van der Waals surface area contributed by atoms with Gasteiger partial charge in [-0.25, -0.2) is 0 Å². The summed E-state index contributed by atoms with van der Waals surface area (Å²) in [6.07, 6.45) is 0. The number of nitrogens with one attached hydrogen (secondary N) is 2. The Morgan fingerprint density at radius 2 is 1.44 bits per heavy atom. The van der Waals surface area contributed by atoms with Gasteiger partial charge in [-0.1, -0.05) is 60.7 Å². The average molecular weight is 372 g/mol. The van der Waals surface area contributed by atoms with Crippen LogP contribution in [0.5, 0.6) is 5.75 Å². The number of carbonyl (C=O) groups excluding carboxylic acids is 1. The summed E-state index contributed by atoms with van der Waals surface area (Å²) in [5.41, 5.74) is 1.28. The van der Waals surface area contributed by atoms with Crippen molar-refractivity contribution in [1.29, 1.82) is 0 Å². The van der Waals surface area contributed by atoms with Crippen molar-refractivity contribution in [1.82, 2.24) is 5.32 Å². The van der Waals surface area contributed by atoms with E-state index < -0.39 is 0 Å². The van der Waals surface area contributed by atoms with Crippen LogP contribution >= 0.6 is 12.2 Å². The van der Waals surface area contributed by atoms with Crippen molar-refractivity contribution in [3.05, 3.63) is 84.4 Å². The number of fused-ring (bicyclic) bond motifs is 2. The largest absolute Gasteiger partial charge is 0.507 e. The fourth-order valence-electron chi connectivity index (χ4n) is 3.15. The third-order valence-electron chi connectivity index (χ3n) is 4.41. The van der Waals surface area contributed by atoms with E-state index in [2.05, 4.69) is 10.6 Å². The Bertz CT molecular complexity index is 1180. The van der Waals surface area contributed by atoms with Gasteiger partial charge in [-0.3, -0.25) is 10.1 Å². The maximum absolute atomic E-state index is 12.7. The molecule has 0 radical (unpaired) electrons. The molecule has 0 bridgehead atoms. The molecule has 132 valence electrons. The Balaban J connectivity index is 1.58. The average Bonchev–Trinajstić information content (AvgIpc) is 2.68. The van der Waals surface area contributed by atoms with Crippen LogP contribution in [0.25, 0.3) is 21.5 Å². The Kier molecular flexibility index (Phi) is 4.44. The number of amides is 1. The molecule has 0 aromatic heterocycles. The number of hydrogen-bond donors (Lipinski definition) is 3. The molecule has 0 saturated carbocycles. The van der Waals surface area contributed by atoms with Crippen molar-refractivity contribution in [2.24, 2.45) is 0 Å². The van der Waals surface area contributed by atoms with E-state index in [1.807, 2.05) is 60.7 Å². The first kappa shape index (κ1) is 17.0. The number of carbonyl (C=O) groups is 1. The Hall–Kier alpha value is -3.44. The molecule has 5 heteroatoms. The van der Waals surface area contributed by atoms with Crippen LogP contribution in [0.3, 0.4) is 0 Å². The molecule has 4 aromatic rings. The van der Waals surface area contributed by atoms with Gasteiger partial charge in [-0.15, -0.1) is 0 Å². The first-order valence-corrected chi connectivity index (χ1v) is 8.85. The lowest BCUT2D eigenvalue weighted by atomic mass is 10.0. The Morgan fingerprint density at radius 3 is 2.33 bits per heavy atom. The predicted octanol–water partition coefficient (Wildman–Crippen LogP) is 4.83. The molecule has 0 unspecified atom stereocenters. The Labute approximate surface area is 161 Å². The second-order valence-electron chi connectivity index (χ2n) is 6.11. The van der Waals surface area contributed by atoms with Gasteiger partial charge in [0.1, 0.15) is 5.75 Å². The molecule has 0 aliphatic heterocycles. The molecule has 0 saturated heterocycles. The number of phenols is 1. The van der Waals surface area contributed by atoms with Crippen LogP contribution in [0.1, 0.15) is 10.4 Å². The molecule has 0 heterocycles. The summed E-state index contributed by atoms with van der Waals surface area (Å²) in [7, 11) is 0. The SMILES string of the molecule is O=C(NC(=S)Nc1cccc2c(O)cccc12)c1cccc2ccccc12. The van der Waals surface area contributed by atoms with E-state index in [1.165, 1.54) is 0 Å². The van der Waals surface area contributed by atoms with Gasteiger partial charge in [0.25, 0.3) is 5.91 Å². The molecule has 4 rings (SSSR count). The van der Waals surface area contributed by atoms with E-state index in [1.54, 1.807) is 18.2 Å². The van der Waals surface area contributed by atoms with Crippen molar-refractivity contribution < 1.29 is 9.90 Å². The summed E-state index contributed by atoms with van der Waals surface area (Å²) in [5, 5.41) is 19.4. The van der Waals surface area contributed by atoms with Crippen molar-refractivity contribution in [2.45, 2.75) is 0 Å². The van der Waals surface area contributed by atoms with Crippen LogP contribution < -0.4 is 10.6 Å². The molecule has 0 fully saturated rings. The van der Waals surface area contributed by atoms with Crippen LogP contribution in [0.15, 0.2) is 78.9 Å². The fourth-order valence-corrected chi connectivity index (χ4v) is 3.35. The van der Waals surface area contributed by atoms with E-state index in [9.17, 15) is 9.90 Å². The third kappa shape index (κ3) is 3.32. The maximum atomic E-state index is 12.7. The van der Waals surface area contributed by atoms with Gasteiger partial charge in [0.05, 0.1) is 0 Å². The summed E-state index contributed by atoms with van der Waals surface area (Å²) in [6.45, 7) is 0. The van der Waals surface area contributed by atoms with E-state index >= 15 is 0 Å². The quantitative estimate of drug-likeness (QED) is 0.441. The van der Waals surface area contributed by atoms with Crippen molar-refractivity contribution >= 4 is 50.5 Å². The number of thiocarbonyl (C=S) groups is 1. The molecule has 0 aliphatic carbocycles. The number of rotatable bonds is 2. The highest BCUT2D eigenvalue weighted by Gasteiger charge is 2.12. The van der Waals surface area contributed by atoms with Gasteiger partial charge in [-0.05, 0) is 41.2 Å². The second-order valence-corrected chi connectivity index (χ2v) is 6.52. The van der Waals surface area contributed by atoms with E-state index in [0.717, 1.165) is 16.2 Å². The van der Waals surface area contributed by atoms with E-state index in [-0.39, 0.29) is 16.8 Å². The smallest absolute Gasteiger partial charge is 0.258 e. The molecular formula is C22H16N2O2S. The summed E-state index contributed by atoms with van der Waals surface area (Å²) >= 11 is 5.33. The highest BCUT2D eigenvalue weighted by atomic mass is 32.1. The first-order valence-electron chi connectivity index (χ1n) is 8.44. The van der Waals surface area contributed by atoms with Crippen LogP contribution in [0.2, 0.25) is 0 Å². The molecule has 4 nitrogen and oxygen atoms in total. The second kappa shape index (κ2) is 7.05. The first-order chi connectivity index (χ1) is 13.1. The molecular weight excluding hydrogens is 356 g/mol.